The van der Waals surface area contributed by atoms with Gasteiger partial charge >= 0.3 is 0 Å². The number of rotatable bonds is 6. The second-order valence-electron chi connectivity index (χ2n) is 4.63. The van der Waals surface area contributed by atoms with Gasteiger partial charge in [-0.1, -0.05) is 0 Å². The molecule has 2 rings (SSSR count). The van der Waals surface area contributed by atoms with Crippen LogP contribution in [0.2, 0.25) is 0 Å². The smallest absolute Gasteiger partial charge is 0.265 e. The number of fused-ring (bicyclic) bond motifs is 1. The minimum Gasteiger partial charge on any atom is -0.497 e. The summed E-state index contributed by atoms with van der Waals surface area (Å²) in [7, 11) is 3.37. The molecule has 0 spiro atoms. The van der Waals surface area contributed by atoms with Crippen molar-refractivity contribution in [3.8, 4) is 5.75 Å². The lowest BCUT2D eigenvalue weighted by Crippen LogP contribution is -2.30. The molecule has 0 aliphatic rings. The zero-order valence-electron chi connectivity index (χ0n) is 12.5. The van der Waals surface area contributed by atoms with E-state index in [1.165, 1.54) is 11.3 Å². The Hall–Kier alpha value is -1.79. The van der Waals surface area contributed by atoms with Crippen LogP contribution in [0.4, 0.5) is 5.69 Å². The summed E-state index contributed by atoms with van der Waals surface area (Å²) in [5.74, 6) is 0.680. The highest BCUT2D eigenvalue weighted by Gasteiger charge is 2.19. The van der Waals surface area contributed by atoms with E-state index < -0.39 is 0 Å². The summed E-state index contributed by atoms with van der Waals surface area (Å²) in [6.07, 6.45) is 0. The lowest BCUT2D eigenvalue weighted by molar-refractivity contribution is 0.0715. The molecule has 0 aliphatic heterocycles. The van der Waals surface area contributed by atoms with Crippen LogP contribution in [0.1, 0.15) is 16.6 Å². The average molecular weight is 308 g/mol. The molecule has 0 aliphatic carbocycles. The van der Waals surface area contributed by atoms with Crippen molar-refractivity contribution in [2.75, 3.05) is 39.6 Å². The fraction of sp³-hybridized carbons (Fsp3) is 0.400. The highest BCUT2D eigenvalue weighted by Crippen LogP contribution is 2.36. The van der Waals surface area contributed by atoms with Gasteiger partial charge in [0, 0.05) is 30.3 Å². The molecule has 1 aromatic carbocycles. The van der Waals surface area contributed by atoms with Crippen LogP contribution in [0.3, 0.4) is 0 Å². The summed E-state index contributed by atoms with van der Waals surface area (Å²) in [5.41, 5.74) is 6.65. The van der Waals surface area contributed by atoms with Gasteiger partial charge in [0.25, 0.3) is 5.91 Å². The first-order valence-electron chi connectivity index (χ1n) is 6.77. The number of nitrogen functional groups attached to an aromatic ring is 1. The minimum atomic E-state index is -0.0765. The van der Waals surface area contributed by atoms with Crippen LogP contribution in [-0.4, -0.2) is 44.7 Å². The van der Waals surface area contributed by atoms with Gasteiger partial charge in [0.1, 0.15) is 10.6 Å². The second kappa shape index (κ2) is 6.78. The Kier molecular flexibility index (Phi) is 5.03. The maximum Gasteiger partial charge on any atom is 0.265 e. The van der Waals surface area contributed by atoms with Crippen molar-refractivity contribution < 1.29 is 14.3 Å². The third kappa shape index (κ3) is 3.28. The Labute approximate surface area is 128 Å². The quantitative estimate of drug-likeness (QED) is 0.833. The number of ether oxygens (including phenoxy) is 2. The van der Waals surface area contributed by atoms with Crippen LogP contribution in [-0.2, 0) is 4.74 Å². The Morgan fingerprint density at radius 2 is 2.19 bits per heavy atom. The molecule has 0 radical (unpaired) electrons. The third-order valence-corrected chi connectivity index (χ3v) is 4.41. The van der Waals surface area contributed by atoms with E-state index in [9.17, 15) is 4.79 Å². The highest BCUT2D eigenvalue weighted by atomic mass is 32.1. The zero-order valence-corrected chi connectivity index (χ0v) is 13.3. The summed E-state index contributed by atoms with van der Waals surface area (Å²) >= 11 is 1.39. The monoisotopic (exact) mass is 308 g/mol. The number of amides is 1. The number of thiophene rings is 1. The first-order valence-corrected chi connectivity index (χ1v) is 7.59. The summed E-state index contributed by atoms with van der Waals surface area (Å²) < 4.78 is 11.4. The van der Waals surface area contributed by atoms with Gasteiger partial charge in [-0.15, -0.1) is 11.3 Å². The van der Waals surface area contributed by atoms with Crippen molar-refractivity contribution in [1.82, 2.24) is 4.90 Å². The largest absolute Gasteiger partial charge is 0.497 e. The number of hydrogen-bond donors (Lipinski definition) is 1. The highest BCUT2D eigenvalue weighted by molar-refractivity contribution is 7.21. The third-order valence-electron chi connectivity index (χ3n) is 3.25. The lowest BCUT2D eigenvalue weighted by Gasteiger charge is -2.16. The SMILES string of the molecule is CCOCCN(C)C(=O)c1sc2cc(OC)ccc2c1N. The number of nitrogens with zero attached hydrogens (tertiary/aromatic N) is 1. The Morgan fingerprint density at radius 1 is 1.43 bits per heavy atom. The number of likely N-dealkylation sites (N-methyl/N-ethyl adjacent to an activating group) is 1. The van der Waals surface area contributed by atoms with Crippen LogP contribution in [0.25, 0.3) is 10.1 Å². The van der Waals surface area contributed by atoms with Gasteiger partial charge < -0.3 is 20.1 Å². The molecule has 0 saturated carbocycles. The molecule has 0 unspecified atom stereocenters. The Balaban J connectivity index is 2.24. The molecule has 1 heterocycles. The molecule has 2 aromatic rings. The van der Waals surface area contributed by atoms with Crippen LogP contribution in [0, 0.1) is 0 Å². The average Bonchev–Trinajstić information content (AvgIpc) is 2.83. The van der Waals surface area contributed by atoms with Crippen molar-refractivity contribution in [3.63, 3.8) is 0 Å². The van der Waals surface area contributed by atoms with E-state index in [4.69, 9.17) is 15.2 Å². The van der Waals surface area contributed by atoms with Crippen molar-refractivity contribution in [2.24, 2.45) is 0 Å². The van der Waals surface area contributed by atoms with Crippen LogP contribution in [0.5, 0.6) is 5.75 Å². The summed E-state index contributed by atoms with van der Waals surface area (Å²) in [6.45, 7) is 3.65. The Morgan fingerprint density at radius 3 is 2.86 bits per heavy atom. The number of nitrogens with two attached hydrogens (primary N) is 1. The molecule has 1 aromatic heterocycles. The van der Waals surface area contributed by atoms with Gasteiger partial charge in [-0.3, -0.25) is 4.79 Å². The summed E-state index contributed by atoms with van der Waals surface area (Å²) in [6, 6.07) is 5.63. The molecule has 1 amide bonds. The first-order chi connectivity index (χ1) is 10.1. The fourth-order valence-electron chi connectivity index (χ4n) is 2.00. The van der Waals surface area contributed by atoms with E-state index in [-0.39, 0.29) is 5.91 Å². The van der Waals surface area contributed by atoms with Gasteiger partial charge in [-0.05, 0) is 25.1 Å². The normalized spacial score (nSPS) is 10.8. The van der Waals surface area contributed by atoms with Gasteiger partial charge in [0.05, 0.1) is 19.4 Å². The van der Waals surface area contributed by atoms with Crippen LogP contribution in [0.15, 0.2) is 18.2 Å². The molecule has 6 heteroatoms. The summed E-state index contributed by atoms with van der Waals surface area (Å²) in [5, 5.41) is 0.891. The maximum atomic E-state index is 12.5. The van der Waals surface area contributed by atoms with Crippen molar-refractivity contribution in [3.05, 3.63) is 23.1 Å². The number of anilines is 1. The van der Waals surface area contributed by atoms with Gasteiger partial charge in [-0.25, -0.2) is 0 Å². The molecule has 0 saturated heterocycles. The number of methoxy groups -OCH3 is 1. The molecular formula is C15H20N2O3S. The minimum absolute atomic E-state index is 0.0765. The number of hydrogen-bond acceptors (Lipinski definition) is 5. The lowest BCUT2D eigenvalue weighted by atomic mass is 10.2. The van der Waals surface area contributed by atoms with E-state index in [0.717, 1.165) is 15.8 Å². The summed E-state index contributed by atoms with van der Waals surface area (Å²) in [4.78, 5) is 14.7. The number of carbonyl (C=O) groups excluding carboxylic acids is 1. The first kappa shape index (κ1) is 15.6. The van der Waals surface area contributed by atoms with Crippen molar-refractivity contribution in [2.45, 2.75) is 6.92 Å². The maximum absolute atomic E-state index is 12.5. The topological polar surface area (TPSA) is 64.8 Å². The van der Waals surface area contributed by atoms with E-state index in [0.29, 0.717) is 30.3 Å². The molecule has 21 heavy (non-hydrogen) atoms. The molecule has 0 bridgehead atoms. The molecule has 114 valence electrons. The predicted molar refractivity (Wildman–Crippen MR) is 86.2 cm³/mol. The molecule has 0 atom stereocenters. The van der Waals surface area contributed by atoms with Crippen molar-refractivity contribution >= 4 is 33.0 Å². The predicted octanol–water partition coefficient (Wildman–Crippen LogP) is 2.60. The second-order valence-corrected chi connectivity index (χ2v) is 5.68. The fourth-order valence-corrected chi connectivity index (χ4v) is 3.15. The van der Waals surface area contributed by atoms with Crippen LogP contribution >= 0.6 is 11.3 Å². The van der Waals surface area contributed by atoms with E-state index >= 15 is 0 Å². The zero-order chi connectivity index (χ0) is 15.4. The standard InChI is InChI=1S/C15H20N2O3S/c1-4-20-8-7-17(2)15(18)14-13(16)11-6-5-10(19-3)9-12(11)21-14/h5-6,9H,4,7-8,16H2,1-3H3. The van der Waals surface area contributed by atoms with Gasteiger partial charge in [-0.2, -0.15) is 0 Å². The molecule has 5 nitrogen and oxygen atoms in total. The van der Waals surface area contributed by atoms with E-state index in [1.54, 1.807) is 19.1 Å². The number of carbonyl (C=O) groups is 1. The molecule has 0 fully saturated rings. The molecular weight excluding hydrogens is 288 g/mol. The van der Waals surface area contributed by atoms with Gasteiger partial charge in [0.15, 0.2) is 0 Å². The molecule has 2 N–H and O–H groups in total. The van der Waals surface area contributed by atoms with Crippen molar-refractivity contribution in [1.29, 1.82) is 0 Å². The van der Waals surface area contributed by atoms with Crippen LogP contribution < -0.4 is 10.5 Å². The number of benzene rings is 1. The van der Waals surface area contributed by atoms with E-state index in [2.05, 4.69) is 0 Å². The Bertz CT molecular complexity index is 639. The van der Waals surface area contributed by atoms with E-state index in [1.807, 2.05) is 25.1 Å². The van der Waals surface area contributed by atoms with Gasteiger partial charge in [0.2, 0.25) is 0 Å².